The molecular weight excluding hydrogens is 546 g/mol. The topological polar surface area (TPSA) is 70.0 Å². The van der Waals surface area contributed by atoms with Crippen LogP contribution in [0.3, 0.4) is 0 Å². The van der Waals surface area contributed by atoms with Gasteiger partial charge in [0.2, 0.25) is 0 Å². The fraction of sp³-hybridized carbons (Fsp3) is 0.389. The molecule has 4 aliphatic carbocycles. The first-order valence-electron chi connectivity index (χ1n) is 8.25. The van der Waals surface area contributed by atoms with Gasteiger partial charge < -0.3 is 5.11 Å². The number of rotatable bonds is 2. The number of aromatic hydroxyl groups is 1. The maximum atomic E-state index is 12.8. The molecule has 25 heavy (non-hydrogen) atoms. The van der Waals surface area contributed by atoms with Crippen molar-refractivity contribution in [1.29, 1.82) is 0 Å². The lowest BCUT2D eigenvalue weighted by atomic mass is 9.63. The lowest BCUT2D eigenvalue weighted by Crippen LogP contribution is -2.40. The van der Waals surface area contributed by atoms with Crippen molar-refractivity contribution in [3.05, 3.63) is 37.0 Å². The van der Waals surface area contributed by atoms with E-state index in [1.165, 1.54) is 6.21 Å². The number of imide groups is 1. The Morgan fingerprint density at radius 2 is 1.56 bits per heavy atom. The Morgan fingerprint density at radius 1 is 1.04 bits per heavy atom. The summed E-state index contributed by atoms with van der Waals surface area (Å²) in [5.41, 5.74) is 0.756. The van der Waals surface area contributed by atoms with Gasteiger partial charge in [0.05, 0.1) is 25.2 Å². The molecule has 1 aromatic rings. The fourth-order valence-corrected chi connectivity index (χ4v) is 6.66. The van der Waals surface area contributed by atoms with Crippen LogP contribution in [0.1, 0.15) is 12.0 Å². The average molecular weight is 560 g/mol. The number of allylic oxidation sites excluding steroid dienone is 2. The zero-order valence-corrected chi connectivity index (χ0v) is 17.3. The van der Waals surface area contributed by atoms with Crippen molar-refractivity contribution in [2.45, 2.75) is 6.42 Å². The largest absolute Gasteiger partial charge is 0.506 e. The van der Waals surface area contributed by atoms with Gasteiger partial charge in [0.1, 0.15) is 5.75 Å². The standard InChI is InChI=1S/C18H14I2N2O3/c19-12-3-7(4-13(20)16(12)23)6-21-22-17(24)14-8-1-2-9(11-5-10(8)11)15(14)18(22)25/h1-4,6,8-11,14-15,23H,5H2/b21-6-/t8-,9-,10-,11-,14-,15+/m0/s1. The third-order valence-electron chi connectivity index (χ3n) is 6.00. The third kappa shape index (κ3) is 2.27. The first kappa shape index (κ1) is 16.2. The Kier molecular flexibility index (Phi) is 3.58. The second kappa shape index (κ2) is 5.51. The number of phenolic OH excluding ortho intramolecular Hbond substituents is 1. The molecule has 0 spiro atoms. The number of carbonyl (C=O) groups excluding carboxylic acids is 2. The number of halogens is 2. The SMILES string of the molecule is O=C1[C@@H]2[C@H]3C=C[C@@H]([C@@H]4C[C@@H]34)[C@@H]2C(=O)N1/N=C\c1cc(I)c(O)c(I)c1. The van der Waals surface area contributed by atoms with Crippen LogP contribution in [0, 0.1) is 42.6 Å². The predicted molar refractivity (Wildman–Crippen MR) is 108 cm³/mol. The first-order chi connectivity index (χ1) is 12.0. The molecule has 0 radical (unpaired) electrons. The van der Waals surface area contributed by atoms with Crippen LogP contribution in [0.25, 0.3) is 0 Å². The highest BCUT2D eigenvalue weighted by Crippen LogP contribution is 2.65. The maximum Gasteiger partial charge on any atom is 0.254 e. The Hall–Kier alpha value is -0.970. The molecular formula is C18H14I2N2O3. The molecule has 6 atom stereocenters. The van der Waals surface area contributed by atoms with Crippen LogP contribution >= 0.6 is 45.2 Å². The first-order valence-corrected chi connectivity index (χ1v) is 10.4. The Balaban J connectivity index is 1.45. The normalized spacial score (nSPS) is 37.8. The second-order valence-corrected chi connectivity index (χ2v) is 9.54. The Morgan fingerprint density at radius 3 is 2.08 bits per heavy atom. The van der Waals surface area contributed by atoms with Crippen LogP contribution in [0.15, 0.2) is 29.4 Å². The molecule has 2 bridgehead atoms. The number of hydrazone groups is 1. The van der Waals surface area contributed by atoms with Crippen LogP contribution < -0.4 is 0 Å². The summed E-state index contributed by atoms with van der Waals surface area (Å²) in [7, 11) is 0. The summed E-state index contributed by atoms with van der Waals surface area (Å²) in [5.74, 6) is 1.11. The van der Waals surface area contributed by atoms with Crippen molar-refractivity contribution >= 4 is 63.2 Å². The summed E-state index contributed by atoms with van der Waals surface area (Å²) in [5, 5.41) is 15.1. The van der Waals surface area contributed by atoms with Gasteiger partial charge >= 0.3 is 0 Å². The Labute approximate surface area is 171 Å². The number of amides is 2. The van der Waals surface area contributed by atoms with Gasteiger partial charge in [-0.05, 0) is 93.0 Å². The lowest BCUT2D eigenvalue weighted by Gasteiger charge is -2.37. The van der Waals surface area contributed by atoms with Crippen molar-refractivity contribution in [2.75, 3.05) is 0 Å². The van der Waals surface area contributed by atoms with Gasteiger partial charge in [0, 0.05) is 0 Å². The van der Waals surface area contributed by atoms with Gasteiger partial charge in [0.15, 0.2) is 0 Å². The monoisotopic (exact) mass is 560 g/mol. The van der Waals surface area contributed by atoms with Crippen LogP contribution in [0.4, 0.5) is 0 Å². The number of hydrogen-bond donors (Lipinski definition) is 1. The van der Waals surface area contributed by atoms with E-state index in [0.717, 1.165) is 17.0 Å². The van der Waals surface area contributed by atoms with E-state index in [1.54, 1.807) is 12.1 Å². The van der Waals surface area contributed by atoms with Gasteiger partial charge in [-0.1, -0.05) is 12.2 Å². The van der Waals surface area contributed by atoms with Crippen LogP contribution in [0.2, 0.25) is 0 Å². The summed E-state index contributed by atoms with van der Waals surface area (Å²) in [6, 6.07) is 3.56. The molecule has 6 rings (SSSR count). The summed E-state index contributed by atoms with van der Waals surface area (Å²) >= 11 is 4.09. The summed E-state index contributed by atoms with van der Waals surface area (Å²) in [6.45, 7) is 0. The summed E-state index contributed by atoms with van der Waals surface area (Å²) in [6.07, 6.45) is 7.00. The van der Waals surface area contributed by atoms with Crippen LogP contribution in [-0.4, -0.2) is 28.1 Å². The van der Waals surface area contributed by atoms with E-state index in [9.17, 15) is 14.7 Å². The van der Waals surface area contributed by atoms with Crippen LogP contribution in [0.5, 0.6) is 5.75 Å². The maximum absolute atomic E-state index is 12.8. The van der Waals surface area contributed by atoms with Crippen molar-refractivity contribution in [3.8, 4) is 5.75 Å². The Bertz CT molecular complexity index is 822. The molecule has 0 unspecified atom stereocenters. The van der Waals surface area contributed by atoms with Gasteiger partial charge in [-0.15, -0.1) is 0 Å². The zero-order valence-electron chi connectivity index (χ0n) is 13.0. The van der Waals surface area contributed by atoms with E-state index in [-0.39, 0.29) is 41.2 Å². The summed E-state index contributed by atoms with van der Waals surface area (Å²) in [4.78, 5) is 25.7. The molecule has 128 valence electrons. The minimum Gasteiger partial charge on any atom is -0.506 e. The highest BCUT2D eigenvalue weighted by molar-refractivity contribution is 14.1. The molecule has 3 fully saturated rings. The van der Waals surface area contributed by atoms with Gasteiger partial charge in [0.25, 0.3) is 11.8 Å². The second-order valence-electron chi connectivity index (χ2n) is 7.22. The third-order valence-corrected chi connectivity index (χ3v) is 7.65. The number of benzene rings is 1. The van der Waals surface area contributed by atoms with Gasteiger partial charge in [-0.3, -0.25) is 9.59 Å². The fourth-order valence-electron chi connectivity index (χ4n) is 4.84. The quantitative estimate of drug-likeness (QED) is 0.262. The molecule has 0 aromatic heterocycles. The van der Waals surface area contributed by atoms with E-state index < -0.39 is 0 Å². The highest BCUT2D eigenvalue weighted by Gasteiger charge is 2.67. The van der Waals surface area contributed by atoms with Crippen molar-refractivity contribution in [2.24, 2.45) is 40.6 Å². The number of hydrogen-bond acceptors (Lipinski definition) is 4. The molecule has 5 nitrogen and oxygen atoms in total. The van der Waals surface area contributed by atoms with Crippen LogP contribution in [-0.2, 0) is 9.59 Å². The molecule has 1 aromatic carbocycles. The molecule has 7 heteroatoms. The van der Waals surface area contributed by atoms with E-state index in [2.05, 4.69) is 17.3 Å². The van der Waals surface area contributed by atoms with E-state index in [0.29, 0.717) is 19.0 Å². The lowest BCUT2D eigenvalue weighted by molar-refractivity contribution is -0.140. The van der Waals surface area contributed by atoms with Crippen molar-refractivity contribution < 1.29 is 14.7 Å². The number of phenols is 1. The molecule has 2 amide bonds. The predicted octanol–water partition coefficient (Wildman–Crippen LogP) is 2.99. The molecule has 1 saturated heterocycles. The molecule has 5 aliphatic rings. The highest BCUT2D eigenvalue weighted by atomic mass is 127. The molecule has 1 heterocycles. The van der Waals surface area contributed by atoms with Crippen molar-refractivity contribution in [1.82, 2.24) is 5.01 Å². The molecule has 1 N–H and O–H groups in total. The van der Waals surface area contributed by atoms with Crippen molar-refractivity contribution in [3.63, 3.8) is 0 Å². The van der Waals surface area contributed by atoms with E-state index in [4.69, 9.17) is 0 Å². The number of nitrogens with zero attached hydrogens (tertiary/aromatic N) is 2. The van der Waals surface area contributed by atoms with Gasteiger partial charge in [-0.2, -0.15) is 10.1 Å². The summed E-state index contributed by atoms with van der Waals surface area (Å²) < 4.78 is 1.42. The molecule has 2 saturated carbocycles. The average Bonchev–Trinajstić information content (AvgIpc) is 3.37. The minimum atomic E-state index is -0.219. The smallest absolute Gasteiger partial charge is 0.254 e. The zero-order chi connectivity index (χ0) is 17.5. The van der Waals surface area contributed by atoms with E-state index in [1.807, 2.05) is 45.2 Å². The number of carbonyl (C=O) groups is 2. The molecule has 1 aliphatic heterocycles. The van der Waals surface area contributed by atoms with E-state index >= 15 is 0 Å². The minimum absolute atomic E-state index is 0.154. The van der Waals surface area contributed by atoms with Gasteiger partial charge in [-0.25, -0.2) is 0 Å².